The third-order valence-electron chi connectivity index (χ3n) is 4.22. The molecule has 0 aromatic heterocycles. The largest absolute Gasteiger partial charge is 0.490 e. The molecule has 2 N–H and O–H groups in total. The van der Waals surface area contributed by atoms with Crippen molar-refractivity contribution in [3.8, 4) is 5.75 Å². The van der Waals surface area contributed by atoms with Gasteiger partial charge in [0, 0.05) is 25.7 Å². The van der Waals surface area contributed by atoms with Gasteiger partial charge in [-0.25, -0.2) is 0 Å². The smallest absolute Gasteiger partial charge is 0.120 e. The van der Waals surface area contributed by atoms with Crippen molar-refractivity contribution in [2.45, 2.75) is 50.8 Å². The van der Waals surface area contributed by atoms with Crippen molar-refractivity contribution in [3.05, 3.63) is 29.8 Å². The quantitative estimate of drug-likeness (QED) is 0.904. The second-order valence-corrected chi connectivity index (χ2v) is 5.96. The maximum Gasteiger partial charge on any atom is 0.120 e. The highest BCUT2D eigenvalue weighted by molar-refractivity contribution is 5.28. The number of benzene rings is 1. The van der Waals surface area contributed by atoms with E-state index in [2.05, 4.69) is 29.2 Å². The Morgan fingerprint density at radius 3 is 2.79 bits per heavy atom. The Morgan fingerprint density at radius 1 is 1.21 bits per heavy atom. The molecule has 3 nitrogen and oxygen atoms in total. The van der Waals surface area contributed by atoms with E-state index >= 15 is 0 Å². The number of likely N-dealkylation sites (tertiary alicyclic amines) is 1. The van der Waals surface area contributed by atoms with Crippen molar-refractivity contribution >= 4 is 0 Å². The van der Waals surface area contributed by atoms with E-state index in [-0.39, 0.29) is 0 Å². The van der Waals surface area contributed by atoms with Gasteiger partial charge < -0.3 is 10.5 Å². The lowest BCUT2D eigenvalue weighted by atomic mass is 10.2. The maximum absolute atomic E-state index is 6.06. The molecule has 0 radical (unpaired) electrons. The standard InChI is InChI=1S/C16H24N2O/c17-14-8-9-18(12-14)11-13-4-3-7-16(10-13)19-15-5-1-2-6-15/h3-4,7,10,14-15H,1-2,5-6,8-9,11-12,17H2. The molecule has 1 aromatic carbocycles. The molecule has 2 fully saturated rings. The fraction of sp³-hybridized carbons (Fsp3) is 0.625. The first-order valence-corrected chi connectivity index (χ1v) is 7.53. The van der Waals surface area contributed by atoms with Gasteiger partial charge in [-0.1, -0.05) is 12.1 Å². The van der Waals surface area contributed by atoms with Gasteiger partial charge in [-0.05, 0) is 49.8 Å². The average molecular weight is 260 g/mol. The highest BCUT2D eigenvalue weighted by Crippen LogP contribution is 2.25. The molecule has 1 saturated heterocycles. The molecule has 104 valence electrons. The summed E-state index contributed by atoms with van der Waals surface area (Å²) >= 11 is 0. The van der Waals surface area contributed by atoms with Crippen LogP contribution in [-0.2, 0) is 6.54 Å². The number of rotatable bonds is 4. The molecule has 0 amide bonds. The third kappa shape index (κ3) is 3.48. The zero-order valence-electron chi connectivity index (χ0n) is 11.6. The Balaban J connectivity index is 1.59. The Kier molecular flexibility index (Phi) is 4.04. The van der Waals surface area contributed by atoms with Crippen molar-refractivity contribution in [1.82, 2.24) is 4.90 Å². The van der Waals surface area contributed by atoms with Crippen molar-refractivity contribution in [3.63, 3.8) is 0 Å². The Labute approximate surface area is 115 Å². The lowest BCUT2D eigenvalue weighted by molar-refractivity contribution is 0.209. The molecular weight excluding hydrogens is 236 g/mol. The van der Waals surface area contributed by atoms with Crippen molar-refractivity contribution in [2.75, 3.05) is 13.1 Å². The zero-order chi connectivity index (χ0) is 13.1. The van der Waals surface area contributed by atoms with Gasteiger partial charge in [0.15, 0.2) is 0 Å². The third-order valence-corrected chi connectivity index (χ3v) is 4.22. The molecule has 1 aliphatic heterocycles. The van der Waals surface area contributed by atoms with Gasteiger partial charge in [-0.2, -0.15) is 0 Å². The van der Waals surface area contributed by atoms with Crippen LogP contribution in [0.4, 0.5) is 0 Å². The molecule has 1 aromatic rings. The molecule has 3 rings (SSSR count). The first kappa shape index (κ1) is 12.9. The second kappa shape index (κ2) is 5.93. The van der Waals surface area contributed by atoms with Crippen LogP contribution < -0.4 is 10.5 Å². The maximum atomic E-state index is 6.06. The monoisotopic (exact) mass is 260 g/mol. The summed E-state index contributed by atoms with van der Waals surface area (Å²) in [5.41, 5.74) is 7.29. The Hall–Kier alpha value is -1.06. The van der Waals surface area contributed by atoms with Crippen LogP contribution in [-0.4, -0.2) is 30.1 Å². The molecular formula is C16H24N2O. The van der Waals surface area contributed by atoms with Crippen LogP contribution in [0.25, 0.3) is 0 Å². The summed E-state index contributed by atoms with van der Waals surface area (Å²) in [6, 6.07) is 8.93. The second-order valence-electron chi connectivity index (χ2n) is 5.96. The number of hydrogen-bond donors (Lipinski definition) is 1. The fourth-order valence-corrected chi connectivity index (χ4v) is 3.18. The van der Waals surface area contributed by atoms with E-state index in [9.17, 15) is 0 Å². The average Bonchev–Trinajstić information content (AvgIpc) is 3.02. The fourth-order valence-electron chi connectivity index (χ4n) is 3.18. The van der Waals surface area contributed by atoms with Gasteiger partial charge in [0.25, 0.3) is 0 Å². The predicted octanol–water partition coefficient (Wildman–Crippen LogP) is 2.54. The number of hydrogen-bond acceptors (Lipinski definition) is 3. The molecule has 1 heterocycles. The number of ether oxygens (including phenoxy) is 1. The van der Waals surface area contributed by atoms with Gasteiger partial charge >= 0.3 is 0 Å². The summed E-state index contributed by atoms with van der Waals surface area (Å²) in [6.07, 6.45) is 6.62. The first-order valence-electron chi connectivity index (χ1n) is 7.53. The summed E-state index contributed by atoms with van der Waals surface area (Å²) in [4.78, 5) is 2.43. The van der Waals surface area contributed by atoms with Crippen LogP contribution in [0.5, 0.6) is 5.75 Å². The van der Waals surface area contributed by atoms with E-state index < -0.39 is 0 Å². The van der Waals surface area contributed by atoms with Gasteiger partial charge in [-0.3, -0.25) is 4.90 Å². The van der Waals surface area contributed by atoms with Crippen LogP contribution in [0.1, 0.15) is 37.7 Å². The van der Waals surface area contributed by atoms with E-state index in [1.54, 1.807) is 0 Å². The summed E-state index contributed by atoms with van der Waals surface area (Å²) in [5, 5.41) is 0. The topological polar surface area (TPSA) is 38.5 Å². The van der Waals surface area contributed by atoms with Crippen molar-refractivity contribution < 1.29 is 4.74 Å². The molecule has 19 heavy (non-hydrogen) atoms. The molecule has 1 unspecified atom stereocenters. The van der Waals surface area contributed by atoms with Gasteiger partial charge in [0.2, 0.25) is 0 Å². The molecule has 3 heteroatoms. The van der Waals surface area contributed by atoms with E-state index in [1.165, 1.54) is 31.2 Å². The molecule has 0 bridgehead atoms. The van der Waals surface area contributed by atoms with Crippen LogP contribution in [0.15, 0.2) is 24.3 Å². The summed E-state index contributed by atoms with van der Waals surface area (Å²) in [7, 11) is 0. The molecule has 2 aliphatic rings. The number of nitrogens with two attached hydrogens (primary N) is 1. The Bertz CT molecular complexity index is 415. The lowest BCUT2D eigenvalue weighted by Gasteiger charge is -2.17. The minimum absolute atomic E-state index is 0.359. The van der Waals surface area contributed by atoms with Crippen LogP contribution in [0, 0.1) is 0 Å². The van der Waals surface area contributed by atoms with E-state index in [1.807, 2.05) is 0 Å². The highest BCUT2D eigenvalue weighted by Gasteiger charge is 2.19. The van der Waals surface area contributed by atoms with Crippen LogP contribution in [0.3, 0.4) is 0 Å². The van der Waals surface area contributed by atoms with Crippen molar-refractivity contribution in [1.29, 1.82) is 0 Å². The SMILES string of the molecule is NC1CCN(Cc2cccc(OC3CCCC3)c2)C1. The minimum atomic E-state index is 0.359. The van der Waals surface area contributed by atoms with E-state index in [4.69, 9.17) is 10.5 Å². The summed E-state index contributed by atoms with van der Waals surface area (Å²) in [6.45, 7) is 3.14. The molecule has 1 atom stereocenters. The summed E-state index contributed by atoms with van der Waals surface area (Å²) in [5.74, 6) is 1.04. The van der Waals surface area contributed by atoms with Crippen LogP contribution >= 0.6 is 0 Å². The zero-order valence-corrected chi connectivity index (χ0v) is 11.6. The molecule has 1 aliphatic carbocycles. The van der Waals surface area contributed by atoms with Gasteiger partial charge in [-0.15, -0.1) is 0 Å². The predicted molar refractivity (Wildman–Crippen MR) is 77.2 cm³/mol. The van der Waals surface area contributed by atoms with Gasteiger partial charge in [0.05, 0.1) is 6.10 Å². The van der Waals surface area contributed by atoms with Crippen LogP contribution in [0.2, 0.25) is 0 Å². The molecule has 0 spiro atoms. The van der Waals surface area contributed by atoms with E-state index in [0.717, 1.165) is 31.8 Å². The van der Waals surface area contributed by atoms with Crippen molar-refractivity contribution in [2.24, 2.45) is 5.73 Å². The molecule has 1 saturated carbocycles. The Morgan fingerprint density at radius 2 is 2.05 bits per heavy atom. The minimum Gasteiger partial charge on any atom is -0.490 e. The number of nitrogens with zero attached hydrogens (tertiary/aromatic N) is 1. The summed E-state index contributed by atoms with van der Waals surface area (Å²) < 4.78 is 6.06. The lowest BCUT2D eigenvalue weighted by Crippen LogP contribution is -2.26. The normalized spacial score (nSPS) is 25.0. The van der Waals surface area contributed by atoms with Gasteiger partial charge in [0.1, 0.15) is 5.75 Å². The first-order chi connectivity index (χ1) is 9.29. The highest BCUT2D eigenvalue weighted by atomic mass is 16.5. The van der Waals surface area contributed by atoms with E-state index in [0.29, 0.717) is 12.1 Å².